The van der Waals surface area contributed by atoms with Crippen LogP contribution < -0.4 is 16.7 Å². The first-order chi connectivity index (χ1) is 27.0. The van der Waals surface area contributed by atoms with Crippen molar-refractivity contribution in [2.45, 2.75) is 69.2 Å². The second-order valence-corrected chi connectivity index (χ2v) is 16.7. The lowest BCUT2D eigenvalue weighted by atomic mass is 9.99. The molecule has 1 aliphatic rings. The number of nitrogens with zero attached hydrogens (tertiary/aromatic N) is 6. The number of aromatic nitrogens is 6. The van der Waals surface area contributed by atoms with Crippen LogP contribution in [0.5, 0.6) is 0 Å². The van der Waals surface area contributed by atoms with Crippen LogP contribution in [0.25, 0.3) is 44.5 Å². The Balaban J connectivity index is 1.53. The highest BCUT2D eigenvalue weighted by Gasteiger charge is 2.41. The standard InChI is InChI=1S/C39H43FN8O8S/c1-7-54-30(49)21-55-29-18-24(17-27(29)43-37(50)56-39(2,3)4)47-34-28(46(6)38(47)51)19-42-36-32(34)31(22-13-15-23(41)16-14-22)33(26-20-45(5)44-35(26)40)48(36)57(52,53)25-11-9-8-10-12-25/h8-16,19-20,24,27,29H,7,17-18,21,41H2,1-6H3,(H,43,50)/t24-,27-,29+/m0/s1. The van der Waals surface area contributed by atoms with Crippen molar-refractivity contribution in [1.29, 1.82) is 0 Å². The number of ether oxygens (including phenoxy) is 3. The molecule has 0 spiro atoms. The molecule has 57 heavy (non-hydrogen) atoms. The number of pyridine rings is 1. The van der Waals surface area contributed by atoms with Crippen LogP contribution in [0.1, 0.15) is 46.6 Å². The number of nitrogens with one attached hydrogen (secondary N) is 1. The summed E-state index contributed by atoms with van der Waals surface area (Å²) in [5.74, 6) is -1.53. The predicted octanol–water partition coefficient (Wildman–Crippen LogP) is 4.89. The summed E-state index contributed by atoms with van der Waals surface area (Å²) >= 11 is 0. The summed E-state index contributed by atoms with van der Waals surface area (Å²) in [4.78, 5) is 44.5. The number of fused-ring (bicyclic) bond motifs is 3. The third-order valence-electron chi connectivity index (χ3n) is 9.78. The smallest absolute Gasteiger partial charge is 0.407 e. The first kappa shape index (κ1) is 39.2. The van der Waals surface area contributed by atoms with E-state index in [1.165, 1.54) is 45.4 Å². The number of carbonyl (C=O) groups is 2. The molecule has 16 nitrogen and oxygen atoms in total. The lowest BCUT2D eigenvalue weighted by Crippen LogP contribution is -2.44. The molecular weight excluding hydrogens is 760 g/mol. The summed E-state index contributed by atoms with van der Waals surface area (Å²) in [6.45, 7) is 6.58. The fraction of sp³-hybridized carbons (Fsp3) is 0.359. The number of nitrogens with two attached hydrogens (primary N) is 1. The Morgan fingerprint density at radius 2 is 1.75 bits per heavy atom. The lowest BCUT2D eigenvalue weighted by Gasteiger charge is -2.24. The number of nitrogen functional groups attached to an aromatic ring is 1. The minimum Gasteiger partial charge on any atom is -0.464 e. The van der Waals surface area contributed by atoms with E-state index in [2.05, 4.69) is 15.4 Å². The number of imidazole rings is 1. The van der Waals surface area contributed by atoms with Gasteiger partial charge in [-0.2, -0.15) is 4.39 Å². The van der Waals surface area contributed by atoms with E-state index >= 15 is 4.39 Å². The van der Waals surface area contributed by atoms with Gasteiger partial charge >= 0.3 is 17.8 Å². The van der Waals surface area contributed by atoms with E-state index in [-0.39, 0.29) is 52.2 Å². The minimum absolute atomic E-state index is 0.0707. The van der Waals surface area contributed by atoms with Gasteiger partial charge < -0.3 is 25.3 Å². The van der Waals surface area contributed by atoms with Crippen LogP contribution in [-0.2, 0) is 43.1 Å². The molecule has 3 atom stereocenters. The average molecular weight is 803 g/mol. The largest absolute Gasteiger partial charge is 0.464 e. The Hall–Kier alpha value is -6.01. The van der Waals surface area contributed by atoms with Crippen LogP contribution in [-0.4, -0.2) is 79.3 Å². The lowest BCUT2D eigenvalue weighted by molar-refractivity contribution is -0.150. The molecule has 300 valence electrons. The van der Waals surface area contributed by atoms with Crippen molar-refractivity contribution in [3.63, 3.8) is 0 Å². The van der Waals surface area contributed by atoms with Gasteiger partial charge in [-0.1, -0.05) is 30.3 Å². The maximum atomic E-state index is 16.0. The van der Waals surface area contributed by atoms with Crippen LogP contribution in [0.15, 0.2) is 76.7 Å². The molecule has 1 aliphatic carbocycles. The number of aryl methyl sites for hydroxylation is 2. The van der Waals surface area contributed by atoms with E-state index in [1.807, 2.05) is 0 Å². The van der Waals surface area contributed by atoms with Crippen molar-refractivity contribution in [3.8, 4) is 22.4 Å². The molecule has 0 saturated heterocycles. The number of hydrogen-bond donors (Lipinski definition) is 2. The van der Waals surface area contributed by atoms with Crippen LogP contribution >= 0.6 is 0 Å². The van der Waals surface area contributed by atoms with E-state index in [0.29, 0.717) is 22.3 Å². The van der Waals surface area contributed by atoms with Crippen molar-refractivity contribution < 1.29 is 36.6 Å². The quantitative estimate of drug-likeness (QED) is 0.141. The van der Waals surface area contributed by atoms with Crippen LogP contribution in [0.2, 0.25) is 0 Å². The van der Waals surface area contributed by atoms with Crippen molar-refractivity contribution in [2.75, 3.05) is 18.9 Å². The van der Waals surface area contributed by atoms with E-state index in [0.717, 1.165) is 3.97 Å². The molecule has 7 rings (SSSR count). The summed E-state index contributed by atoms with van der Waals surface area (Å²) in [6, 6.07) is 12.9. The van der Waals surface area contributed by atoms with Gasteiger partial charge in [0.2, 0.25) is 5.95 Å². The number of esters is 1. The average Bonchev–Trinajstić information content (AvgIpc) is 3.87. The first-order valence-corrected chi connectivity index (χ1v) is 19.7. The number of benzene rings is 2. The summed E-state index contributed by atoms with van der Waals surface area (Å²) in [5, 5.41) is 7.01. The Labute approximate surface area is 327 Å². The summed E-state index contributed by atoms with van der Waals surface area (Å²) in [7, 11) is -1.43. The number of rotatable bonds is 10. The molecular formula is C39H43FN8O8S. The van der Waals surface area contributed by atoms with E-state index < -0.39 is 64.1 Å². The van der Waals surface area contributed by atoms with Gasteiger partial charge in [0.05, 0.1) is 57.5 Å². The molecule has 0 bridgehead atoms. The summed E-state index contributed by atoms with van der Waals surface area (Å²) in [6.07, 6.45) is 1.60. The van der Waals surface area contributed by atoms with Crippen molar-refractivity contribution in [2.24, 2.45) is 14.1 Å². The number of carbonyl (C=O) groups excluding carboxylic acids is 2. The Morgan fingerprint density at radius 1 is 1.05 bits per heavy atom. The maximum absolute atomic E-state index is 16.0. The van der Waals surface area contributed by atoms with E-state index in [9.17, 15) is 22.8 Å². The van der Waals surface area contributed by atoms with Crippen molar-refractivity contribution >= 4 is 49.8 Å². The first-order valence-electron chi connectivity index (χ1n) is 18.3. The van der Waals surface area contributed by atoms with Gasteiger partial charge in [-0.15, -0.1) is 5.10 Å². The molecule has 3 N–H and O–H groups in total. The third kappa shape index (κ3) is 7.25. The Morgan fingerprint density at radius 3 is 2.39 bits per heavy atom. The van der Waals surface area contributed by atoms with E-state index in [1.54, 1.807) is 77.2 Å². The zero-order valence-electron chi connectivity index (χ0n) is 32.2. The third-order valence-corrected chi connectivity index (χ3v) is 11.5. The van der Waals surface area contributed by atoms with Crippen molar-refractivity contribution in [1.82, 2.24) is 33.2 Å². The van der Waals surface area contributed by atoms with Crippen molar-refractivity contribution in [3.05, 3.63) is 83.4 Å². The molecule has 1 saturated carbocycles. The summed E-state index contributed by atoms with van der Waals surface area (Å²) < 4.78 is 67.5. The zero-order valence-corrected chi connectivity index (χ0v) is 33.0. The van der Waals surface area contributed by atoms with E-state index in [4.69, 9.17) is 19.9 Å². The molecule has 0 unspecified atom stereocenters. The minimum atomic E-state index is -4.51. The maximum Gasteiger partial charge on any atom is 0.407 e. The van der Waals surface area contributed by atoms with Gasteiger partial charge in [0.25, 0.3) is 10.0 Å². The molecule has 1 amide bonds. The molecule has 2 aromatic carbocycles. The van der Waals surface area contributed by atoms with Crippen LogP contribution in [0, 0.1) is 5.95 Å². The number of hydrogen-bond acceptors (Lipinski definition) is 11. The number of halogens is 1. The number of alkyl carbamates (subject to hydrolysis) is 1. The van der Waals surface area contributed by atoms with Gasteiger partial charge in [-0.25, -0.2) is 31.8 Å². The predicted molar refractivity (Wildman–Crippen MR) is 209 cm³/mol. The molecule has 4 aromatic heterocycles. The highest BCUT2D eigenvalue weighted by atomic mass is 32.2. The topological polar surface area (TPSA) is 197 Å². The molecule has 4 heterocycles. The van der Waals surface area contributed by atoms with Gasteiger partial charge in [0.1, 0.15) is 12.2 Å². The second-order valence-electron chi connectivity index (χ2n) is 14.9. The van der Waals surface area contributed by atoms with Gasteiger partial charge in [0.15, 0.2) is 5.65 Å². The molecule has 0 radical (unpaired) electrons. The monoisotopic (exact) mass is 802 g/mol. The normalized spacial score (nSPS) is 17.4. The SMILES string of the molecule is CCOC(=O)CO[C@@H]1C[C@@H](n2c(=O)n(C)c3cnc4c(c(-c5ccc(N)cc5)c(-c5cn(C)nc5F)n4S(=O)(=O)c4ccccc4)c32)C[C@@H]1NC(=O)OC(C)(C)C. The second kappa shape index (κ2) is 14.8. The fourth-order valence-corrected chi connectivity index (χ4v) is 8.97. The molecule has 6 aromatic rings. The number of anilines is 1. The zero-order chi connectivity index (χ0) is 41.0. The van der Waals surface area contributed by atoms with Gasteiger partial charge in [-0.3, -0.25) is 13.8 Å². The number of amides is 1. The highest BCUT2D eigenvalue weighted by Crippen LogP contribution is 2.46. The molecule has 0 aliphatic heterocycles. The Kier molecular flexibility index (Phi) is 10.2. The summed E-state index contributed by atoms with van der Waals surface area (Å²) in [5.41, 5.74) is 6.34. The Bertz CT molecular complexity index is 2680. The molecule has 1 fully saturated rings. The van der Waals surface area contributed by atoms with Crippen LogP contribution in [0.3, 0.4) is 0 Å². The highest BCUT2D eigenvalue weighted by molar-refractivity contribution is 7.90. The fourth-order valence-electron chi connectivity index (χ4n) is 7.46. The van der Waals surface area contributed by atoms with Gasteiger partial charge in [-0.05, 0) is 70.4 Å². The van der Waals surface area contributed by atoms with Gasteiger partial charge in [0, 0.05) is 37.6 Å². The molecule has 18 heteroatoms. The van der Waals surface area contributed by atoms with Crippen LogP contribution in [0.4, 0.5) is 14.9 Å².